The van der Waals surface area contributed by atoms with Crippen LogP contribution in [0.15, 0.2) is 53.6 Å². The first-order chi connectivity index (χ1) is 11.9. The topological polar surface area (TPSA) is 60.3 Å². The molecule has 1 heterocycles. The molecule has 0 aliphatic heterocycles. The zero-order chi connectivity index (χ0) is 18.0. The molecule has 0 atom stereocenters. The molecule has 25 heavy (non-hydrogen) atoms. The number of anilines is 1. The fourth-order valence-electron chi connectivity index (χ4n) is 2.55. The van der Waals surface area contributed by atoms with Gasteiger partial charge in [-0.25, -0.2) is 12.8 Å². The SMILES string of the molecule is COCCn1ccc2cc(NS(=O)(=O)c3ccc(F)cc3Cl)ccc21. The van der Waals surface area contributed by atoms with Crippen molar-refractivity contribution in [3.05, 3.63) is 59.5 Å². The van der Waals surface area contributed by atoms with Crippen molar-refractivity contribution >= 4 is 38.2 Å². The number of benzene rings is 2. The first-order valence-corrected chi connectivity index (χ1v) is 9.32. The minimum absolute atomic E-state index is 0.167. The van der Waals surface area contributed by atoms with Crippen LogP contribution in [0.4, 0.5) is 10.1 Å². The van der Waals surface area contributed by atoms with Gasteiger partial charge in [0.1, 0.15) is 10.7 Å². The van der Waals surface area contributed by atoms with E-state index >= 15 is 0 Å². The van der Waals surface area contributed by atoms with Gasteiger partial charge >= 0.3 is 0 Å². The number of halogens is 2. The molecule has 0 unspecified atom stereocenters. The summed E-state index contributed by atoms with van der Waals surface area (Å²) < 4.78 is 47.6. The van der Waals surface area contributed by atoms with Gasteiger partial charge in [0.25, 0.3) is 10.0 Å². The fraction of sp³-hybridized carbons (Fsp3) is 0.176. The highest BCUT2D eigenvalue weighted by atomic mass is 35.5. The van der Waals surface area contributed by atoms with Gasteiger partial charge in [-0.3, -0.25) is 4.72 Å². The molecule has 1 N–H and O–H groups in total. The predicted molar refractivity (Wildman–Crippen MR) is 96.0 cm³/mol. The van der Waals surface area contributed by atoms with Crippen LogP contribution < -0.4 is 4.72 Å². The minimum Gasteiger partial charge on any atom is -0.383 e. The molecule has 0 saturated carbocycles. The number of hydrogen-bond acceptors (Lipinski definition) is 3. The number of methoxy groups -OCH3 is 1. The van der Waals surface area contributed by atoms with Crippen molar-refractivity contribution in [2.45, 2.75) is 11.4 Å². The molecule has 8 heteroatoms. The van der Waals surface area contributed by atoms with E-state index in [1.807, 2.05) is 22.9 Å². The minimum atomic E-state index is -3.91. The Labute approximate surface area is 150 Å². The lowest BCUT2D eigenvalue weighted by atomic mass is 10.2. The molecule has 0 aliphatic carbocycles. The summed E-state index contributed by atoms with van der Waals surface area (Å²) >= 11 is 5.85. The molecular formula is C17H16ClFN2O3S. The summed E-state index contributed by atoms with van der Waals surface area (Å²) in [4.78, 5) is -0.173. The summed E-state index contributed by atoms with van der Waals surface area (Å²) in [5.41, 5.74) is 1.37. The van der Waals surface area contributed by atoms with E-state index < -0.39 is 15.8 Å². The molecule has 0 aliphatic rings. The average molecular weight is 383 g/mol. The molecule has 0 bridgehead atoms. The normalized spacial score (nSPS) is 11.8. The third-order valence-corrected chi connectivity index (χ3v) is 5.61. The van der Waals surface area contributed by atoms with Crippen LogP contribution in [-0.4, -0.2) is 26.7 Å². The maximum Gasteiger partial charge on any atom is 0.263 e. The monoisotopic (exact) mass is 382 g/mol. The summed E-state index contributed by atoms with van der Waals surface area (Å²) in [6.07, 6.45) is 1.92. The number of hydrogen-bond donors (Lipinski definition) is 1. The molecule has 0 fully saturated rings. The van der Waals surface area contributed by atoms with Crippen LogP contribution in [0.2, 0.25) is 5.02 Å². The summed E-state index contributed by atoms with van der Waals surface area (Å²) in [6.45, 7) is 1.29. The quantitative estimate of drug-likeness (QED) is 0.703. The molecule has 3 rings (SSSR count). The Morgan fingerprint density at radius 1 is 1.20 bits per heavy atom. The largest absolute Gasteiger partial charge is 0.383 e. The van der Waals surface area contributed by atoms with Crippen LogP contribution in [0, 0.1) is 5.82 Å². The standard InChI is InChI=1S/C17H16ClFN2O3S/c1-24-9-8-21-7-6-12-10-14(3-4-16(12)21)20-25(22,23)17-5-2-13(19)11-15(17)18/h2-7,10-11,20H,8-9H2,1H3. The Hall–Kier alpha value is -2.09. The highest BCUT2D eigenvalue weighted by Gasteiger charge is 2.18. The van der Waals surface area contributed by atoms with Gasteiger partial charge in [0, 0.05) is 36.4 Å². The van der Waals surface area contributed by atoms with Gasteiger partial charge in [-0.2, -0.15) is 0 Å². The van der Waals surface area contributed by atoms with Crippen molar-refractivity contribution in [1.82, 2.24) is 4.57 Å². The Morgan fingerprint density at radius 3 is 2.72 bits per heavy atom. The lowest BCUT2D eigenvalue weighted by Gasteiger charge is -2.10. The third kappa shape index (κ3) is 3.78. The number of ether oxygens (including phenoxy) is 1. The van der Waals surface area contributed by atoms with Crippen LogP contribution in [0.1, 0.15) is 0 Å². The van der Waals surface area contributed by atoms with Gasteiger partial charge in [0.2, 0.25) is 0 Å². The van der Waals surface area contributed by atoms with E-state index in [0.717, 1.165) is 29.1 Å². The Bertz CT molecular complexity index is 1020. The third-order valence-electron chi connectivity index (χ3n) is 3.74. The Balaban J connectivity index is 1.89. The van der Waals surface area contributed by atoms with E-state index in [1.54, 1.807) is 19.2 Å². The van der Waals surface area contributed by atoms with Crippen molar-refractivity contribution in [2.24, 2.45) is 0 Å². The highest BCUT2D eigenvalue weighted by molar-refractivity contribution is 7.92. The van der Waals surface area contributed by atoms with Crippen molar-refractivity contribution in [3.8, 4) is 0 Å². The van der Waals surface area contributed by atoms with Crippen LogP contribution in [-0.2, 0) is 21.3 Å². The van der Waals surface area contributed by atoms with Crippen LogP contribution in [0.3, 0.4) is 0 Å². The molecule has 0 saturated heterocycles. The second-order valence-electron chi connectivity index (χ2n) is 5.46. The van der Waals surface area contributed by atoms with Gasteiger partial charge in [-0.05, 0) is 42.5 Å². The number of aromatic nitrogens is 1. The first-order valence-electron chi connectivity index (χ1n) is 7.46. The van der Waals surface area contributed by atoms with Crippen LogP contribution in [0.5, 0.6) is 0 Å². The summed E-state index contributed by atoms with van der Waals surface area (Å²) in [7, 11) is -2.27. The average Bonchev–Trinajstić information content (AvgIpc) is 2.94. The molecule has 0 spiro atoms. The second-order valence-corrected chi connectivity index (χ2v) is 7.51. The first kappa shape index (κ1) is 17.7. The van der Waals surface area contributed by atoms with E-state index in [9.17, 15) is 12.8 Å². The molecule has 2 aromatic carbocycles. The van der Waals surface area contributed by atoms with Crippen LogP contribution >= 0.6 is 11.6 Å². The molecule has 1 aromatic heterocycles. The van der Waals surface area contributed by atoms with E-state index in [1.165, 1.54) is 0 Å². The van der Waals surface area contributed by atoms with E-state index in [4.69, 9.17) is 16.3 Å². The smallest absolute Gasteiger partial charge is 0.263 e. The molecule has 132 valence electrons. The van der Waals surface area contributed by atoms with Gasteiger partial charge in [0.05, 0.1) is 11.6 Å². The van der Waals surface area contributed by atoms with Gasteiger partial charge < -0.3 is 9.30 Å². The highest BCUT2D eigenvalue weighted by Crippen LogP contribution is 2.26. The number of rotatable bonds is 6. The number of fused-ring (bicyclic) bond motifs is 1. The van der Waals surface area contributed by atoms with Crippen molar-refractivity contribution < 1.29 is 17.5 Å². The molecule has 5 nitrogen and oxygen atoms in total. The summed E-state index contributed by atoms with van der Waals surface area (Å²) in [5, 5.41) is 0.723. The lowest BCUT2D eigenvalue weighted by molar-refractivity contribution is 0.188. The maximum atomic E-state index is 13.1. The molecule has 3 aromatic rings. The van der Waals surface area contributed by atoms with Crippen molar-refractivity contribution in [3.63, 3.8) is 0 Å². The maximum absolute atomic E-state index is 13.1. The zero-order valence-electron chi connectivity index (χ0n) is 13.4. The predicted octanol–water partition coefficient (Wildman–Crippen LogP) is 3.88. The Morgan fingerprint density at radius 2 is 2.00 bits per heavy atom. The van der Waals surface area contributed by atoms with E-state index in [2.05, 4.69) is 4.72 Å². The summed E-state index contributed by atoms with van der Waals surface area (Å²) in [6, 6.07) is 10.3. The lowest BCUT2D eigenvalue weighted by Crippen LogP contribution is -2.13. The van der Waals surface area contributed by atoms with Gasteiger partial charge in [-0.1, -0.05) is 11.6 Å². The fourth-order valence-corrected chi connectivity index (χ4v) is 4.13. The van der Waals surface area contributed by atoms with Crippen molar-refractivity contribution in [2.75, 3.05) is 18.4 Å². The Kier molecular flexibility index (Phi) is 4.99. The molecule has 0 amide bonds. The summed E-state index contributed by atoms with van der Waals surface area (Å²) in [5.74, 6) is -0.595. The molecule has 0 radical (unpaired) electrons. The second kappa shape index (κ2) is 7.03. The van der Waals surface area contributed by atoms with Gasteiger partial charge in [-0.15, -0.1) is 0 Å². The number of nitrogens with one attached hydrogen (secondary N) is 1. The van der Waals surface area contributed by atoms with E-state index in [-0.39, 0.29) is 9.92 Å². The van der Waals surface area contributed by atoms with Crippen molar-refractivity contribution in [1.29, 1.82) is 0 Å². The number of sulfonamides is 1. The van der Waals surface area contributed by atoms with Crippen LogP contribution in [0.25, 0.3) is 10.9 Å². The number of nitrogens with zero attached hydrogens (tertiary/aromatic N) is 1. The van der Waals surface area contributed by atoms with Gasteiger partial charge in [0.15, 0.2) is 0 Å². The zero-order valence-corrected chi connectivity index (χ0v) is 14.9. The van der Waals surface area contributed by atoms with E-state index in [0.29, 0.717) is 18.8 Å². The molecular weight excluding hydrogens is 367 g/mol.